The molecule has 0 saturated carbocycles. The van der Waals surface area contributed by atoms with Crippen molar-refractivity contribution in [2.75, 3.05) is 31.7 Å². The van der Waals surface area contributed by atoms with Crippen LogP contribution in [0.25, 0.3) is 0 Å². The van der Waals surface area contributed by atoms with Crippen LogP contribution in [0.3, 0.4) is 0 Å². The van der Waals surface area contributed by atoms with Gasteiger partial charge in [-0.3, -0.25) is 0 Å². The number of aliphatic hydroxyl groups is 1. The fraction of sp³-hybridized carbons (Fsp3) is 0.462. The largest absolute Gasteiger partial charge is 0.389 e. The molecule has 4 nitrogen and oxygen atoms in total. The molecule has 0 saturated heterocycles. The standard InChI is InChI=1S/C13H20N2O2/c1-4-8-15(9-10-17-3)13-12(11(2)16)6-5-7-14-13/h4-7,11,16H,1,8-10H2,2-3H3. The SMILES string of the molecule is C=CCN(CCOC)c1ncccc1C(C)O. The summed E-state index contributed by atoms with van der Waals surface area (Å²) < 4.78 is 5.07. The van der Waals surface area contributed by atoms with Gasteiger partial charge in [-0.15, -0.1) is 6.58 Å². The Kier molecular flexibility index (Phi) is 5.66. The van der Waals surface area contributed by atoms with Gasteiger partial charge in [0.1, 0.15) is 5.82 Å². The number of hydrogen-bond acceptors (Lipinski definition) is 4. The summed E-state index contributed by atoms with van der Waals surface area (Å²) >= 11 is 0. The van der Waals surface area contributed by atoms with E-state index in [-0.39, 0.29) is 0 Å². The Morgan fingerprint density at radius 3 is 3.00 bits per heavy atom. The Morgan fingerprint density at radius 1 is 1.65 bits per heavy atom. The fourth-order valence-corrected chi connectivity index (χ4v) is 1.64. The van der Waals surface area contributed by atoms with Crippen molar-refractivity contribution in [2.24, 2.45) is 0 Å². The van der Waals surface area contributed by atoms with E-state index in [2.05, 4.69) is 11.6 Å². The maximum atomic E-state index is 9.72. The summed E-state index contributed by atoms with van der Waals surface area (Å²) in [5, 5.41) is 9.72. The zero-order valence-electron chi connectivity index (χ0n) is 10.5. The van der Waals surface area contributed by atoms with Gasteiger partial charge in [0.25, 0.3) is 0 Å². The van der Waals surface area contributed by atoms with Gasteiger partial charge >= 0.3 is 0 Å². The zero-order valence-corrected chi connectivity index (χ0v) is 10.5. The maximum Gasteiger partial charge on any atom is 0.134 e. The van der Waals surface area contributed by atoms with Crippen LogP contribution in [0.15, 0.2) is 31.0 Å². The number of methoxy groups -OCH3 is 1. The number of nitrogens with zero attached hydrogens (tertiary/aromatic N) is 2. The molecule has 1 aromatic rings. The predicted molar refractivity (Wildman–Crippen MR) is 69.2 cm³/mol. The van der Waals surface area contributed by atoms with E-state index < -0.39 is 6.10 Å². The van der Waals surface area contributed by atoms with Crippen LogP contribution in [0, 0.1) is 0 Å². The number of hydrogen-bond donors (Lipinski definition) is 1. The third-order valence-corrected chi connectivity index (χ3v) is 2.48. The maximum absolute atomic E-state index is 9.72. The summed E-state index contributed by atoms with van der Waals surface area (Å²) in [4.78, 5) is 6.37. The van der Waals surface area contributed by atoms with Crippen molar-refractivity contribution in [3.05, 3.63) is 36.5 Å². The minimum Gasteiger partial charge on any atom is -0.389 e. The minimum atomic E-state index is -0.534. The molecule has 0 spiro atoms. The topological polar surface area (TPSA) is 45.6 Å². The van der Waals surface area contributed by atoms with Gasteiger partial charge in [-0.25, -0.2) is 4.98 Å². The summed E-state index contributed by atoms with van der Waals surface area (Å²) in [5.41, 5.74) is 0.824. The molecular formula is C13H20N2O2. The lowest BCUT2D eigenvalue weighted by atomic mass is 10.1. The van der Waals surface area contributed by atoms with E-state index in [1.807, 2.05) is 23.1 Å². The first-order chi connectivity index (χ1) is 8.20. The average Bonchev–Trinajstić information content (AvgIpc) is 2.34. The first kappa shape index (κ1) is 13.7. The highest BCUT2D eigenvalue weighted by Gasteiger charge is 2.14. The second-order valence-electron chi connectivity index (χ2n) is 3.82. The lowest BCUT2D eigenvalue weighted by Gasteiger charge is -2.25. The molecular weight excluding hydrogens is 216 g/mol. The van der Waals surface area contributed by atoms with Gasteiger partial charge in [0.15, 0.2) is 0 Å². The van der Waals surface area contributed by atoms with Crippen molar-refractivity contribution in [3.8, 4) is 0 Å². The van der Waals surface area contributed by atoms with Crippen LogP contribution in [0.4, 0.5) is 5.82 Å². The molecule has 17 heavy (non-hydrogen) atoms. The molecule has 0 fully saturated rings. The quantitative estimate of drug-likeness (QED) is 0.733. The van der Waals surface area contributed by atoms with E-state index in [0.717, 1.165) is 17.9 Å². The second-order valence-corrected chi connectivity index (χ2v) is 3.82. The Morgan fingerprint density at radius 2 is 2.41 bits per heavy atom. The highest BCUT2D eigenvalue weighted by Crippen LogP contribution is 2.23. The number of aliphatic hydroxyl groups excluding tert-OH is 1. The Bertz CT molecular complexity index is 353. The van der Waals surface area contributed by atoms with Crippen molar-refractivity contribution in [2.45, 2.75) is 13.0 Å². The first-order valence-corrected chi connectivity index (χ1v) is 5.68. The Hall–Kier alpha value is -1.39. The highest BCUT2D eigenvalue weighted by molar-refractivity contribution is 5.48. The summed E-state index contributed by atoms with van der Waals surface area (Å²) in [6.45, 7) is 7.49. The van der Waals surface area contributed by atoms with Crippen LogP contribution < -0.4 is 4.90 Å². The normalized spacial score (nSPS) is 12.2. The molecule has 0 aliphatic carbocycles. The molecule has 0 radical (unpaired) electrons. The summed E-state index contributed by atoms with van der Waals surface area (Å²) in [6, 6.07) is 3.71. The monoisotopic (exact) mass is 236 g/mol. The molecule has 4 heteroatoms. The van der Waals surface area contributed by atoms with E-state index in [1.165, 1.54) is 0 Å². The number of rotatable bonds is 7. The van der Waals surface area contributed by atoms with E-state index in [4.69, 9.17) is 4.74 Å². The fourth-order valence-electron chi connectivity index (χ4n) is 1.64. The van der Waals surface area contributed by atoms with Crippen LogP contribution in [0.5, 0.6) is 0 Å². The third-order valence-electron chi connectivity index (χ3n) is 2.48. The molecule has 1 unspecified atom stereocenters. The van der Waals surface area contributed by atoms with Gasteiger partial charge in [0.05, 0.1) is 12.7 Å². The van der Waals surface area contributed by atoms with Crippen LogP contribution in [-0.4, -0.2) is 36.9 Å². The van der Waals surface area contributed by atoms with E-state index in [1.54, 1.807) is 20.2 Å². The van der Waals surface area contributed by atoms with Gasteiger partial charge in [-0.05, 0) is 13.0 Å². The van der Waals surface area contributed by atoms with Crippen molar-refractivity contribution in [1.29, 1.82) is 0 Å². The number of ether oxygens (including phenoxy) is 1. The third kappa shape index (κ3) is 3.84. The van der Waals surface area contributed by atoms with Crippen LogP contribution in [0.2, 0.25) is 0 Å². The van der Waals surface area contributed by atoms with Gasteiger partial charge < -0.3 is 14.7 Å². The zero-order chi connectivity index (χ0) is 12.7. The molecule has 0 aliphatic rings. The van der Waals surface area contributed by atoms with Crippen molar-refractivity contribution in [1.82, 2.24) is 4.98 Å². The summed E-state index contributed by atoms with van der Waals surface area (Å²) in [7, 11) is 1.67. The van der Waals surface area contributed by atoms with E-state index in [0.29, 0.717) is 13.2 Å². The van der Waals surface area contributed by atoms with Crippen molar-refractivity contribution >= 4 is 5.82 Å². The molecule has 1 N–H and O–H groups in total. The van der Waals surface area contributed by atoms with E-state index in [9.17, 15) is 5.11 Å². The molecule has 0 aliphatic heterocycles. The molecule has 0 amide bonds. The summed E-state index contributed by atoms with van der Waals surface area (Å²) in [6.07, 6.45) is 3.01. The average molecular weight is 236 g/mol. The first-order valence-electron chi connectivity index (χ1n) is 5.68. The molecule has 0 bridgehead atoms. The minimum absolute atomic E-state index is 0.534. The van der Waals surface area contributed by atoms with Crippen LogP contribution >= 0.6 is 0 Å². The molecule has 94 valence electrons. The smallest absolute Gasteiger partial charge is 0.134 e. The predicted octanol–water partition coefficient (Wildman–Crippen LogP) is 1.77. The van der Waals surface area contributed by atoms with Crippen LogP contribution in [-0.2, 0) is 4.74 Å². The number of pyridine rings is 1. The molecule has 1 heterocycles. The molecule has 1 atom stereocenters. The molecule has 1 rings (SSSR count). The van der Waals surface area contributed by atoms with Crippen molar-refractivity contribution < 1.29 is 9.84 Å². The number of aromatic nitrogens is 1. The summed E-state index contributed by atoms with van der Waals surface area (Å²) in [5.74, 6) is 0.791. The van der Waals surface area contributed by atoms with E-state index >= 15 is 0 Å². The Balaban J connectivity index is 2.95. The Labute approximate surface area is 103 Å². The second kappa shape index (κ2) is 7.04. The number of anilines is 1. The van der Waals surface area contributed by atoms with Gasteiger partial charge in [-0.2, -0.15) is 0 Å². The van der Waals surface area contributed by atoms with Gasteiger partial charge in [0, 0.05) is 32.0 Å². The lowest BCUT2D eigenvalue weighted by Crippen LogP contribution is -2.29. The van der Waals surface area contributed by atoms with Gasteiger partial charge in [0.2, 0.25) is 0 Å². The van der Waals surface area contributed by atoms with Gasteiger partial charge in [-0.1, -0.05) is 12.1 Å². The van der Waals surface area contributed by atoms with Crippen molar-refractivity contribution in [3.63, 3.8) is 0 Å². The lowest BCUT2D eigenvalue weighted by molar-refractivity contribution is 0.197. The highest BCUT2D eigenvalue weighted by atomic mass is 16.5. The van der Waals surface area contributed by atoms with Crippen LogP contribution in [0.1, 0.15) is 18.6 Å². The molecule has 0 aromatic carbocycles. The molecule has 1 aromatic heterocycles.